The van der Waals surface area contributed by atoms with Crippen molar-refractivity contribution in [1.82, 2.24) is 20.2 Å². The van der Waals surface area contributed by atoms with E-state index >= 15 is 0 Å². The van der Waals surface area contributed by atoms with Gasteiger partial charge in [-0.25, -0.2) is 9.97 Å². The lowest BCUT2D eigenvalue weighted by Gasteiger charge is -2.40. The zero-order valence-corrected chi connectivity index (χ0v) is 25.0. The van der Waals surface area contributed by atoms with Crippen LogP contribution in [0.5, 0.6) is 0 Å². The number of benzene rings is 2. The Morgan fingerprint density at radius 3 is 2.30 bits per heavy atom. The fraction of sp³-hybridized carbons (Fsp3) is 0.471. The summed E-state index contributed by atoms with van der Waals surface area (Å²) in [6.45, 7) is 5.23. The Bertz CT molecular complexity index is 1400. The summed E-state index contributed by atoms with van der Waals surface area (Å²) in [5.74, 6) is 0.841. The van der Waals surface area contributed by atoms with Crippen LogP contribution in [-0.2, 0) is 0 Å². The number of carbonyl (C=O) groups excluding carboxylic acids is 2. The van der Waals surface area contributed by atoms with Gasteiger partial charge in [-0.15, -0.1) is 0 Å². The highest BCUT2D eigenvalue weighted by Gasteiger charge is 2.31. The molecule has 6 rings (SSSR count). The molecule has 0 spiro atoms. The van der Waals surface area contributed by atoms with Crippen LogP contribution in [0.1, 0.15) is 90.6 Å². The summed E-state index contributed by atoms with van der Waals surface area (Å²) in [5, 5.41) is 6.50. The van der Waals surface area contributed by atoms with Crippen LogP contribution in [0, 0.1) is 0 Å². The number of anilines is 3. The molecule has 2 amide bonds. The lowest BCUT2D eigenvalue weighted by atomic mass is 9.88. The number of primary amides is 1. The van der Waals surface area contributed by atoms with E-state index in [2.05, 4.69) is 56.6 Å². The highest BCUT2D eigenvalue weighted by Crippen LogP contribution is 2.33. The maximum atomic E-state index is 12.9. The molecule has 2 aliphatic heterocycles. The summed E-state index contributed by atoms with van der Waals surface area (Å²) >= 11 is 0. The second kappa shape index (κ2) is 13.1. The molecular weight excluding hydrogens is 538 g/mol. The van der Waals surface area contributed by atoms with Gasteiger partial charge in [-0.2, -0.15) is 0 Å². The maximum absolute atomic E-state index is 12.9. The normalized spacial score (nSPS) is 21.9. The SMILES string of the molecule is CC1C(NC(=O)c2ccccc2)CCCN1c1cnc(C(N)=O)c(Nc2ccc(C3CCN(C4CCCC4)CC3)cc2)n1. The van der Waals surface area contributed by atoms with Crippen LogP contribution in [0.25, 0.3) is 0 Å². The van der Waals surface area contributed by atoms with Crippen LogP contribution in [-0.4, -0.2) is 64.4 Å². The molecule has 3 aliphatic rings. The van der Waals surface area contributed by atoms with Crippen molar-refractivity contribution in [3.05, 3.63) is 77.6 Å². The molecule has 0 radical (unpaired) electrons. The first-order valence-electron chi connectivity index (χ1n) is 15.9. The lowest BCUT2D eigenvalue weighted by molar-refractivity contribution is 0.0923. The molecule has 9 heteroatoms. The van der Waals surface area contributed by atoms with Crippen molar-refractivity contribution in [3.63, 3.8) is 0 Å². The van der Waals surface area contributed by atoms with Crippen molar-refractivity contribution in [2.45, 2.75) is 82.3 Å². The van der Waals surface area contributed by atoms with Crippen molar-refractivity contribution >= 4 is 29.1 Å². The molecule has 1 saturated carbocycles. The summed E-state index contributed by atoms with van der Waals surface area (Å²) in [6, 6.07) is 18.5. The summed E-state index contributed by atoms with van der Waals surface area (Å²) in [4.78, 5) is 39.2. The molecule has 9 nitrogen and oxygen atoms in total. The molecule has 2 aromatic carbocycles. The number of aromatic nitrogens is 2. The van der Waals surface area contributed by atoms with Crippen molar-refractivity contribution in [2.75, 3.05) is 29.9 Å². The fourth-order valence-electron chi connectivity index (χ4n) is 7.13. The molecule has 3 fully saturated rings. The number of amides is 2. The molecule has 1 aromatic heterocycles. The summed E-state index contributed by atoms with van der Waals surface area (Å²) in [5.41, 5.74) is 8.63. The Morgan fingerprint density at radius 1 is 0.884 bits per heavy atom. The molecule has 2 atom stereocenters. The number of nitrogens with one attached hydrogen (secondary N) is 2. The average molecular weight is 582 g/mol. The van der Waals surface area contributed by atoms with Crippen molar-refractivity contribution in [1.29, 1.82) is 0 Å². The number of nitrogens with two attached hydrogens (primary N) is 1. The predicted molar refractivity (Wildman–Crippen MR) is 170 cm³/mol. The highest BCUT2D eigenvalue weighted by atomic mass is 16.2. The average Bonchev–Trinajstić information content (AvgIpc) is 3.58. The van der Waals surface area contributed by atoms with Gasteiger partial charge in [0.15, 0.2) is 11.5 Å². The Kier molecular flexibility index (Phi) is 8.88. The first-order valence-corrected chi connectivity index (χ1v) is 15.9. The number of likely N-dealkylation sites (tertiary alicyclic amines) is 1. The molecule has 2 saturated heterocycles. The molecule has 2 unspecified atom stereocenters. The number of hydrogen-bond acceptors (Lipinski definition) is 7. The molecular formula is C34H43N7O2. The van der Waals surface area contributed by atoms with E-state index in [4.69, 9.17) is 10.7 Å². The second-order valence-electron chi connectivity index (χ2n) is 12.3. The van der Waals surface area contributed by atoms with E-state index in [1.54, 1.807) is 6.20 Å². The van der Waals surface area contributed by atoms with E-state index in [0.29, 0.717) is 23.1 Å². The van der Waals surface area contributed by atoms with Gasteiger partial charge >= 0.3 is 0 Å². The Labute approximate surface area is 254 Å². The zero-order chi connectivity index (χ0) is 29.8. The fourth-order valence-corrected chi connectivity index (χ4v) is 7.13. The molecule has 226 valence electrons. The number of rotatable bonds is 8. The second-order valence-corrected chi connectivity index (χ2v) is 12.3. The van der Waals surface area contributed by atoms with Crippen molar-refractivity contribution in [2.24, 2.45) is 5.73 Å². The minimum Gasteiger partial charge on any atom is -0.364 e. The number of hydrogen-bond donors (Lipinski definition) is 3. The third-order valence-electron chi connectivity index (χ3n) is 9.64. The number of carbonyl (C=O) groups is 2. The van der Waals surface area contributed by atoms with E-state index in [0.717, 1.165) is 31.1 Å². The first-order chi connectivity index (χ1) is 21.0. The molecule has 3 aromatic rings. The van der Waals surface area contributed by atoms with Gasteiger partial charge in [-0.3, -0.25) is 9.59 Å². The molecule has 3 heterocycles. The van der Waals surface area contributed by atoms with E-state index in [1.807, 2.05) is 30.3 Å². The van der Waals surface area contributed by atoms with Gasteiger partial charge in [0.2, 0.25) is 0 Å². The predicted octanol–water partition coefficient (Wildman–Crippen LogP) is 5.23. The van der Waals surface area contributed by atoms with E-state index in [9.17, 15) is 9.59 Å². The van der Waals surface area contributed by atoms with E-state index < -0.39 is 5.91 Å². The molecule has 0 bridgehead atoms. The first kappa shape index (κ1) is 29.1. The minimum atomic E-state index is -0.633. The summed E-state index contributed by atoms with van der Waals surface area (Å²) in [7, 11) is 0. The van der Waals surface area contributed by atoms with Crippen LogP contribution >= 0.6 is 0 Å². The van der Waals surface area contributed by atoms with Crippen LogP contribution in [0.3, 0.4) is 0 Å². The standard InChI is InChI=1S/C34H43N7O2/c1-23-29(38-34(43)26-8-3-2-4-9-26)12-7-19-41(23)30-22-36-31(32(35)42)33(39-30)37-27-15-13-24(14-16-27)25-17-20-40(21-18-25)28-10-5-6-11-28/h2-4,8-9,13-16,22-23,25,28-29H,5-7,10-12,17-21H2,1H3,(H2,35,42)(H,37,39)(H,38,43). The topological polar surface area (TPSA) is 116 Å². The smallest absolute Gasteiger partial charge is 0.271 e. The van der Waals surface area contributed by atoms with E-state index in [1.165, 1.54) is 57.2 Å². The molecule has 4 N–H and O–H groups in total. The third kappa shape index (κ3) is 6.67. The monoisotopic (exact) mass is 581 g/mol. The van der Waals surface area contributed by atoms with Gasteiger partial charge in [-0.05, 0) is 94.3 Å². The Balaban J connectivity index is 1.13. The van der Waals surface area contributed by atoms with E-state index in [-0.39, 0.29) is 23.7 Å². The van der Waals surface area contributed by atoms with Gasteiger partial charge in [-0.1, -0.05) is 43.2 Å². The zero-order valence-electron chi connectivity index (χ0n) is 25.0. The largest absolute Gasteiger partial charge is 0.364 e. The van der Waals surface area contributed by atoms with Gasteiger partial charge in [0.05, 0.1) is 6.20 Å². The molecule has 43 heavy (non-hydrogen) atoms. The number of nitrogens with zero attached hydrogens (tertiary/aromatic N) is 4. The maximum Gasteiger partial charge on any atom is 0.271 e. The minimum absolute atomic E-state index is 0.0117. The number of piperidine rings is 2. The quantitative estimate of drug-likeness (QED) is 0.334. The highest BCUT2D eigenvalue weighted by molar-refractivity contribution is 5.96. The van der Waals surface area contributed by atoms with Crippen LogP contribution < -0.4 is 21.3 Å². The lowest BCUT2D eigenvalue weighted by Crippen LogP contribution is -2.54. The van der Waals surface area contributed by atoms with Crippen LogP contribution in [0.2, 0.25) is 0 Å². The van der Waals surface area contributed by atoms with Gasteiger partial charge < -0.3 is 26.2 Å². The van der Waals surface area contributed by atoms with Crippen LogP contribution in [0.15, 0.2) is 60.8 Å². The Morgan fingerprint density at radius 2 is 1.60 bits per heavy atom. The van der Waals surface area contributed by atoms with Gasteiger partial charge in [0.1, 0.15) is 5.82 Å². The van der Waals surface area contributed by atoms with Crippen molar-refractivity contribution < 1.29 is 9.59 Å². The van der Waals surface area contributed by atoms with Gasteiger partial charge in [0.25, 0.3) is 11.8 Å². The third-order valence-corrected chi connectivity index (χ3v) is 9.64. The van der Waals surface area contributed by atoms with Crippen LogP contribution in [0.4, 0.5) is 17.3 Å². The Hall–Kier alpha value is -3.98. The summed E-state index contributed by atoms with van der Waals surface area (Å²) in [6.07, 6.45) is 11.3. The molecule has 1 aliphatic carbocycles. The van der Waals surface area contributed by atoms with Crippen molar-refractivity contribution in [3.8, 4) is 0 Å². The van der Waals surface area contributed by atoms with Gasteiger partial charge in [0, 0.05) is 35.9 Å². The summed E-state index contributed by atoms with van der Waals surface area (Å²) < 4.78 is 0.